The molecule has 1 radical (unpaired) electrons. The summed E-state index contributed by atoms with van der Waals surface area (Å²) >= 11 is 0. The molecule has 0 saturated carbocycles. The molecule has 0 aliphatic carbocycles. The lowest BCUT2D eigenvalue weighted by Gasteiger charge is -1.99. The minimum Gasteiger partial charge on any atom is -0.326 e. The molecule has 5 nitrogen and oxygen atoms in total. The van der Waals surface area contributed by atoms with E-state index in [0.717, 1.165) is 0 Å². The molecule has 0 aliphatic rings. The summed E-state index contributed by atoms with van der Waals surface area (Å²) in [7, 11) is 0. The molecule has 5 heteroatoms. The number of nitrogens with one attached hydrogen (secondary N) is 1. The zero-order chi connectivity index (χ0) is 9.84. The second kappa shape index (κ2) is 3.66. The van der Waals surface area contributed by atoms with Gasteiger partial charge in [0.05, 0.1) is 4.92 Å². The number of nitro groups is 1. The van der Waals surface area contributed by atoms with Crippen molar-refractivity contribution in [2.24, 2.45) is 0 Å². The molecule has 1 aromatic rings. The van der Waals surface area contributed by atoms with Crippen LogP contribution in [0.1, 0.15) is 0 Å². The quantitative estimate of drug-likeness (QED) is 0.550. The predicted molar refractivity (Wildman–Crippen MR) is 47.1 cm³/mol. The van der Waals surface area contributed by atoms with Crippen molar-refractivity contribution in [2.45, 2.75) is 0 Å². The lowest BCUT2D eigenvalue weighted by molar-refractivity contribution is -0.384. The Balaban J connectivity index is 2.91. The first-order valence-electron chi connectivity index (χ1n) is 3.47. The van der Waals surface area contributed by atoms with Gasteiger partial charge in [-0.05, 0) is 6.07 Å². The minimum atomic E-state index is -0.529. The van der Waals surface area contributed by atoms with Crippen LogP contribution in [0.25, 0.3) is 0 Å². The van der Waals surface area contributed by atoms with Crippen LogP contribution in [-0.4, -0.2) is 10.8 Å². The summed E-state index contributed by atoms with van der Waals surface area (Å²) in [6, 6.07) is 5.65. The Labute approximate surface area is 74.5 Å². The fourth-order valence-corrected chi connectivity index (χ4v) is 0.858. The van der Waals surface area contributed by atoms with Crippen LogP contribution in [0.15, 0.2) is 24.3 Å². The Morgan fingerprint density at radius 2 is 2.23 bits per heavy atom. The van der Waals surface area contributed by atoms with E-state index < -0.39 is 10.8 Å². The fourth-order valence-electron chi connectivity index (χ4n) is 0.858. The van der Waals surface area contributed by atoms with Crippen LogP contribution in [-0.2, 0) is 4.79 Å². The lowest BCUT2D eigenvalue weighted by Crippen LogP contribution is -2.06. The summed E-state index contributed by atoms with van der Waals surface area (Å²) in [6.07, 6.45) is 0. The van der Waals surface area contributed by atoms with E-state index in [4.69, 9.17) is 0 Å². The molecule has 0 bridgehead atoms. The monoisotopic (exact) mass is 179 g/mol. The Morgan fingerprint density at radius 1 is 1.54 bits per heavy atom. The SMILES string of the molecule is [CH2]C(=O)Nc1cccc([N+](=O)[O-])c1. The van der Waals surface area contributed by atoms with Crippen molar-refractivity contribution < 1.29 is 9.72 Å². The van der Waals surface area contributed by atoms with Crippen LogP contribution in [0.5, 0.6) is 0 Å². The molecule has 0 spiro atoms. The van der Waals surface area contributed by atoms with Crippen molar-refractivity contribution >= 4 is 17.3 Å². The first kappa shape index (κ1) is 9.18. The van der Waals surface area contributed by atoms with Crippen molar-refractivity contribution in [2.75, 3.05) is 5.32 Å². The standard InChI is InChI=1S/C8H7N2O3/c1-6(11)9-7-3-2-4-8(5-7)10(12)13/h2-5H,1H2,(H,9,11). The van der Waals surface area contributed by atoms with Crippen LogP contribution < -0.4 is 5.32 Å². The maximum Gasteiger partial charge on any atom is 0.271 e. The van der Waals surface area contributed by atoms with Gasteiger partial charge in [-0.3, -0.25) is 14.9 Å². The van der Waals surface area contributed by atoms with Gasteiger partial charge in [-0.2, -0.15) is 0 Å². The summed E-state index contributed by atoms with van der Waals surface area (Å²) in [5.41, 5.74) is 0.306. The van der Waals surface area contributed by atoms with E-state index in [2.05, 4.69) is 12.2 Å². The molecule has 0 aliphatic heterocycles. The van der Waals surface area contributed by atoms with Gasteiger partial charge in [0.2, 0.25) is 5.91 Å². The molecular weight excluding hydrogens is 172 g/mol. The third-order valence-electron chi connectivity index (χ3n) is 1.34. The van der Waals surface area contributed by atoms with Gasteiger partial charge in [-0.1, -0.05) is 6.07 Å². The van der Waals surface area contributed by atoms with Gasteiger partial charge in [0.25, 0.3) is 5.69 Å². The molecule has 1 aromatic carbocycles. The van der Waals surface area contributed by atoms with E-state index in [1.807, 2.05) is 0 Å². The van der Waals surface area contributed by atoms with Crippen molar-refractivity contribution in [3.63, 3.8) is 0 Å². The van der Waals surface area contributed by atoms with Crippen molar-refractivity contribution in [1.29, 1.82) is 0 Å². The van der Waals surface area contributed by atoms with E-state index in [0.29, 0.717) is 5.69 Å². The number of hydrogen-bond acceptors (Lipinski definition) is 3. The van der Waals surface area contributed by atoms with Crippen molar-refractivity contribution in [1.82, 2.24) is 0 Å². The first-order chi connectivity index (χ1) is 6.09. The van der Waals surface area contributed by atoms with E-state index in [9.17, 15) is 14.9 Å². The maximum atomic E-state index is 10.5. The van der Waals surface area contributed by atoms with Crippen LogP contribution in [0.2, 0.25) is 0 Å². The summed E-state index contributed by atoms with van der Waals surface area (Å²) in [5, 5.41) is 12.7. The first-order valence-corrected chi connectivity index (χ1v) is 3.47. The van der Waals surface area contributed by atoms with E-state index in [1.54, 1.807) is 6.07 Å². The van der Waals surface area contributed by atoms with Crippen LogP contribution in [0.3, 0.4) is 0 Å². The zero-order valence-corrected chi connectivity index (χ0v) is 6.69. The molecule has 1 rings (SSSR count). The van der Waals surface area contributed by atoms with Gasteiger partial charge in [0, 0.05) is 24.7 Å². The normalized spacial score (nSPS) is 9.31. The number of carbonyl (C=O) groups excluding carboxylic acids is 1. The number of carbonyl (C=O) groups is 1. The molecule has 0 heterocycles. The maximum absolute atomic E-state index is 10.5. The smallest absolute Gasteiger partial charge is 0.271 e. The molecule has 13 heavy (non-hydrogen) atoms. The Kier molecular flexibility index (Phi) is 2.59. The lowest BCUT2D eigenvalue weighted by atomic mass is 10.3. The third-order valence-corrected chi connectivity index (χ3v) is 1.34. The zero-order valence-electron chi connectivity index (χ0n) is 6.69. The molecule has 1 N–H and O–H groups in total. The van der Waals surface area contributed by atoms with E-state index in [-0.39, 0.29) is 5.69 Å². The molecule has 0 fully saturated rings. The predicted octanol–water partition coefficient (Wildman–Crippen LogP) is 1.37. The summed E-state index contributed by atoms with van der Waals surface area (Å²) in [4.78, 5) is 20.3. The van der Waals surface area contributed by atoms with Crippen molar-refractivity contribution in [3.05, 3.63) is 41.3 Å². The Bertz CT molecular complexity index is 349. The molecule has 0 atom stereocenters. The average Bonchev–Trinajstić information content (AvgIpc) is 2.03. The number of anilines is 1. The highest BCUT2D eigenvalue weighted by Crippen LogP contribution is 2.16. The Morgan fingerprint density at radius 3 is 2.77 bits per heavy atom. The number of nitrogens with zero attached hydrogens (tertiary/aromatic N) is 1. The third kappa shape index (κ3) is 2.55. The number of nitro benzene ring substituents is 1. The largest absolute Gasteiger partial charge is 0.326 e. The molecule has 0 aromatic heterocycles. The summed E-state index contributed by atoms with van der Waals surface area (Å²) in [6.45, 7) is 3.09. The van der Waals surface area contributed by atoms with Crippen LogP contribution in [0, 0.1) is 17.0 Å². The molecule has 67 valence electrons. The van der Waals surface area contributed by atoms with Crippen molar-refractivity contribution in [3.8, 4) is 0 Å². The van der Waals surface area contributed by atoms with E-state index >= 15 is 0 Å². The highest BCUT2D eigenvalue weighted by molar-refractivity contribution is 5.94. The van der Waals surface area contributed by atoms with Crippen LogP contribution >= 0.6 is 0 Å². The second-order valence-corrected chi connectivity index (χ2v) is 2.36. The van der Waals surface area contributed by atoms with Gasteiger partial charge < -0.3 is 5.32 Å². The molecular formula is C8H7N2O3. The van der Waals surface area contributed by atoms with Crippen LogP contribution in [0.4, 0.5) is 11.4 Å². The molecule has 1 amide bonds. The van der Waals surface area contributed by atoms with Gasteiger partial charge >= 0.3 is 0 Å². The molecule has 0 saturated heterocycles. The number of non-ortho nitro benzene ring substituents is 1. The van der Waals surface area contributed by atoms with Gasteiger partial charge in [0.1, 0.15) is 0 Å². The second-order valence-electron chi connectivity index (χ2n) is 2.36. The minimum absolute atomic E-state index is 0.0637. The fraction of sp³-hybridized carbons (Fsp3) is 0. The number of rotatable bonds is 2. The molecule has 0 unspecified atom stereocenters. The number of amides is 1. The van der Waals surface area contributed by atoms with E-state index in [1.165, 1.54) is 18.2 Å². The summed E-state index contributed by atoms with van der Waals surface area (Å²) < 4.78 is 0. The average molecular weight is 179 g/mol. The van der Waals surface area contributed by atoms with Gasteiger partial charge in [-0.15, -0.1) is 0 Å². The highest BCUT2D eigenvalue weighted by atomic mass is 16.6. The topological polar surface area (TPSA) is 72.2 Å². The Hall–Kier alpha value is -1.91. The van der Waals surface area contributed by atoms with Gasteiger partial charge in [0.15, 0.2) is 0 Å². The van der Waals surface area contributed by atoms with Gasteiger partial charge in [-0.25, -0.2) is 0 Å². The number of benzene rings is 1. The number of hydrogen-bond donors (Lipinski definition) is 1. The summed E-state index contributed by atoms with van der Waals surface area (Å²) in [5.74, 6) is -0.500. The highest BCUT2D eigenvalue weighted by Gasteiger charge is 2.05.